The minimum Gasteiger partial charge on any atom is -0.310 e. The molecule has 4 rings (SSSR count). The Labute approximate surface area is 167 Å². The monoisotopic (exact) mass is 394 g/mol. The van der Waals surface area contributed by atoms with Gasteiger partial charge < -0.3 is 9.47 Å². The van der Waals surface area contributed by atoms with Crippen LogP contribution in [0.3, 0.4) is 0 Å². The fraction of sp³-hybridized carbons (Fsp3) is 0.217. The number of carbonyl (C=O) groups excluding carboxylic acids is 1. The van der Waals surface area contributed by atoms with E-state index in [9.17, 15) is 18.4 Å². The maximum Gasteiger partial charge on any atom is 0.264 e. The number of halogens is 2. The summed E-state index contributed by atoms with van der Waals surface area (Å²) in [6.07, 6.45) is 2.98. The van der Waals surface area contributed by atoms with E-state index in [0.29, 0.717) is 18.5 Å². The summed E-state index contributed by atoms with van der Waals surface area (Å²) in [7, 11) is 0. The highest BCUT2D eigenvalue weighted by Crippen LogP contribution is 2.32. The number of benzene rings is 2. The van der Waals surface area contributed by atoms with Gasteiger partial charge in [0.15, 0.2) is 0 Å². The summed E-state index contributed by atoms with van der Waals surface area (Å²) in [5.41, 5.74) is 1.80. The van der Waals surface area contributed by atoms with Crippen LogP contribution in [0.1, 0.15) is 34.8 Å². The molecule has 0 N–H and O–H groups in total. The van der Waals surface area contributed by atoms with Gasteiger partial charge in [-0.15, -0.1) is 0 Å². The van der Waals surface area contributed by atoms with E-state index in [1.54, 1.807) is 35.4 Å². The van der Waals surface area contributed by atoms with Crippen molar-refractivity contribution in [1.29, 1.82) is 0 Å². The molecular weight excluding hydrogens is 374 g/mol. The fourth-order valence-corrected chi connectivity index (χ4v) is 3.77. The SMILES string of the molecule is C[C@@H]1CCc2cc(F)ccc2N1C(=O)c1cccn(Cc2ccc(F)cc2)c1=O. The van der Waals surface area contributed by atoms with Gasteiger partial charge in [-0.25, -0.2) is 8.78 Å². The molecule has 0 fully saturated rings. The number of anilines is 1. The van der Waals surface area contributed by atoms with E-state index < -0.39 is 11.5 Å². The molecule has 0 aliphatic carbocycles. The highest BCUT2D eigenvalue weighted by Gasteiger charge is 2.30. The number of rotatable bonds is 3. The van der Waals surface area contributed by atoms with E-state index >= 15 is 0 Å². The molecule has 0 saturated carbocycles. The van der Waals surface area contributed by atoms with Crippen molar-refractivity contribution in [3.05, 3.63) is 99.5 Å². The highest BCUT2D eigenvalue weighted by atomic mass is 19.1. The van der Waals surface area contributed by atoms with E-state index in [0.717, 1.165) is 11.1 Å². The van der Waals surface area contributed by atoms with E-state index in [-0.39, 0.29) is 29.8 Å². The van der Waals surface area contributed by atoms with Crippen molar-refractivity contribution in [2.45, 2.75) is 32.4 Å². The lowest BCUT2D eigenvalue weighted by atomic mass is 9.95. The Morgan fingerprint density at radius 1 is 1.07 bits per heavy atom. The number of aryl methyl sites for hydroxylation is 1. The predicted octanol–water partition coefficient (Wildman–Crippen LogP) is 4.16. The Bertz CT molecular complexity index is 1120. The molecule has 0 saturated heterocycles. The Kier molecular flexibility index (Phi) is 5.01. The molecule has 4 nitrogen and oxygen atoms in total. The lowest BCUT2D eigenvalue weighted by molar-refractivity contribution is 0.0973. The number of hydrogen-bond acceptors (Lipinski definition) is 2. The lowest BCUT2D eigenvalue weighted by Gasteiger charge is -2.35. The first-order chi connectivity index (χ1) is 13.9. The van der Waals surface area contributed by atoms with Gasteiger partial charge in [0, 0.05) is 17.9 Å². The molecule has 0 bridgehead atoms. The molecule has 1 aliphatic heterocycles. The van der Waals surface area contributed by atoms with Gasteiger partial charge in [0.1, 0.15) is 17.2 Å². The van der Waals surface area contributed by atoms with Gasteiger partial charge in [-0.1, -0.05) is 12.1 Å². The van der Waals surface area contributed by atoms with E-state index in [4.69, 9.17) is 0 Å². The first kappa shape index (κ1) is 19.1. The minimum absolute atomic E-state index is 0.0543. The van der Waals surface area contributed by atoms with Crippen molar-refractivity contribution in [1.82, 2.24) is 4.57 Å². The highest BCUT2D eigenvalue weighted by molar-refractivity contribution is 6.06. The van der Waals surface area contributed by atoms with Crippen LogP contribution in [0.2, 0.25) is 0 Å². The number of aromatic nitrogens is 1. The summed E-state index contributed by atoms with van der Waals surface area (Å²) in [5.74, 6) is -1.09. The minimum atomic E-state index is -0.414. The third-order valence-corrected chi connectivity index (χ3v) is 5.31. The van der Waals surface area contributed by atoms with Crippen LogP contribution in [0.25, 0.3) is 0 Å². The first-order valence-electron chi connectivity index (χ1n) is 9.50. The standard InChI is InChI=1S/C23H20F2N2O2/c1-15-4-7-17-13-19(25)10-11-21(17)27(15)23(29)20-3-2-12-26(22(20)28)14-16-5-8-18(24)9-6-16/h2-3,5-6,8-13,15H,4,7,14H2,1H3/t15-/m1/s1. The van der Waals surface area contributed by atoms with Crippen LogP contribution < -0.4 is 10.5 Å². The predicted molar refractivity (Wildman–Crippen MR) is 107 cm³/mol. The number of hydrogen-bond donors (Lipinski definition) is 0. The van der Waals surface area contributed by atoms with Crippen molar-refractivity contribution in [2.24, 2.45) is 0 Å². The van der Waals surface area contributed by atoms with Crippen LogP contribution in [0.15, 0.2) is 65.6 Å². The quantitative estimate of drug-likeness (QED) is 0.670. The summed E-state index contributed by atoms with van der Waals surface area (Å²) in [5, 5.41) is 0. The molecule has 29 heavy (non-hydrogen) atoms. The molecule has 0 radical (unpaired) electrons. The molecule has 0 unspecified atom stereocenters. The third-order valence-electron chi connectivity index (χ3n) is 5.31. The summed E-state index contributed by atoms with van der Waals surface area (Å²) in [6.45, 7) is 2.15. The first-order valence-corrected chi connectivity index (χ1v) is 9.50. The van der Waals surface area contributed by atoms with Crippen molar-refractivity contribution in [3.8, 4) is 0 Å². The second-order valence-corrected chi connectivity index (χ2v) is 7.32. The number of fused-ring (bicyclic) bond motifs is 1. The molecule has 3 aromatic rings. The van der Waals surface area contributed by atoms with Gasteiger partial charge in [-0.3, -0.25) is 9.59 Å². The Morgan fingerprint density at radius 3 is 2.55 bits per heavy atom. The topological polar surface area (TPSA) is 42.3 Å². The molecule has 1 aromatic heterocycles. The second kappa shape index (κ2) is 7.62. The lowest BCUT2D eigenvalue weighted by Crippen LogP contribution is -2.44. The van der Waals surface area contributed by atoms with Gasteiger partial charge in [0.2, 0.25) is 0 Å². The molecule has 6 heteroatoms. The third kappa shape index (κ3) is 3.70. The van der Waals surface area contributed by atoms with Crippen molar-refractivity contribution in [3.63, 3.8) is 0 Å². The second-order valence-electron chi connectivity index (χ2n) is 7.32. The Morgan fingerprint density at radius 2 is 1.79 bits per heavy atom. The van der Waals surface area contributed by atoms with Crippen molar-refractivity contribution < 1.29 is 13.6 Å². The number of amides is 1. The zero-order valence-corrected chi connectivity index (χ0v) is 15.9. The molecule has 2 heterocycles. The van der Waals surface area contributed by atoms with Crippen LogP contribution in [-0.2, 0) is 13.0 Å². The van der Waals surface area contributed by atoms with Gasteiger partial charge in [-0.05, 0) is 73.4 Å². The van der Waals surface area contributed by atoms with Crippen molar-refractivity contribution >= 4 is 11.6 Å². The van der Waals surface area contributed by atoms with Gasteiger partial charge >= 0.3 is 0 Å². The fourth-order valence-electron chi connectivity index (χ4n) is 3.77. The smallest absolute Gasteiger partial charge is 0.264 e. The van der Waals surface area contributed by atoms with Crippen LogP contribution in [-0.4, -0.2) is 16.5 Å². The molecule has 148 valence electrons. The van der Waals surface area contributed by atoms with Crippen LogP contribution >= 0.6 is 0 Å². The van der Waals surface area contributed by atoms with Crippen LogP contribution in [0.4, 0.5) is 14.5 Å². The zero-order valence-electron chi connectivity index (χ0n) is 15.9. The molecule has 0 spiro atoms. The maximum absolute atomic E-state index is 13.6. The number of carbonyl (C=O) groups is 1. The molecular formula is C23H20F2N2O2. The summed E-state index contributed by atoms with van der Waals surface area (Å²) in [6, 6.07) is 13.3. The zero-order chi connectivity index (χ0) is 20.5. The summed E-state index contributed by atoms with van der Waals surface area (Å²) in [4.78, 5) is 27.9. The van der Waals surface area contributed by atoms with Gasteiger partial charge in [-0.2, -0.15) is 0 Å². The van der Waals surface area contributed by atoms with Gasteiger partial charge in [0.25, 0.3) is 11.5 Å². The number of nitrogens with zero attached hydrogens (tertiary/aromatic N) is 2. The number of pyridine rings is 1. The Balaban J connectivity index is 1.69. The van der Waals surface area contributed by atoms with Crippen molar-refractivity contribution in [2.75, 3.05) is 4.90 Å². The van der Waals surface area contributed by atoms with Crippen LogP contribution in [0, 0.1) is 11.6 Å². The molecule has 1 amide bonds. The summed E-state index contributed by atoms with van der Waals surface area (Å²) < 4.78 is 28.2. The largest absolute Gasteiger partial charge is 0.310 e. The Hall–Kier alpha value is -3.28. The molecule has 1 aliphatic rings. The normalized spacial score (nSPS) is 15.8. The van der Waals surface area contributed by atoms with E-state index in [2.05, 4.69) is 0 Å². The summed E-state index contributed by atoms with van der Waals surface area (Å²) >= 11 is 0. The molecule has 2 aromatic carbocycles. The maximum atomic E-state index is 13.6. The average molecular weight is 394 g/mol. The van der Waals surface area contributed by atoms with E-state index in [1.165, 1.54) is 34.9 Å². The van der Waals surface area contributed by atoms with Gasteiger partial charge in [0.05, 0.1) is 6.54 Å². The van der Waals surface area contributed by atoms with Crippen LogP contribution in [0.5, 0.6) is 0 Å². The average Bonchev–Trinajstić information content (AvgIpc) is 2.71. The molecule has 1 atom stereocenters. The van der Waals surface area contributed by atoms with E-state index in [1.807, 2.05) is 6.92 Å².